The number of hydrogen-bond donors (Lipinski definition) is 1. The predicted molar refractivity (Wildman–Crippen MR) is 78.3 cm³/mol. The first-order chi connectivity index (χ1) is 8.70. The molecule has 1 heterocycles. The van der Waals surface area contributed by atoms with Gasteiger partial charge in [-0.25, -0.2) is 4.98 Å². The van der Waals surface area contributed by atoms with Crippen molar-refractivity contribution < 1.29 is 0 Å². The molecule has 1 atom stereocenters. The van der Waals surface area contributed by atoms with Gasteiger partial charge in [0.15, 0.2) is 4.34 Å². The van der Waals surface area contributed by atoms with Crippen LogP contribution >= 0.6 is 23.3 Å². The quantitative estimate of drug-likeness (QED) is 0.853. The van der Waals surface area contributed by atoms with Crippen LogP contribution in [0, 0.1) is 13.8 Å². The number of benzene rings is 1. The lowest BCUT2D eigenvalue weighted by Gasteiger charge is -2.18. The molecule has 0 saturated carbocycles. The second kappa shape index (κ2) is 6.31. The van der Waals surface area contributed by atoms with E-state index < -0.39 is 0 Å². The van der Waals surface area contributed by atoms with Gasteiger partial charge in [0.05, 0.1) is 0 Å². The molecule has 0 bridgehead atoms. The lowest BCUT2D eigenvalue weighted by molar-refractivity contribution is 0.657. The summed E-state index contributed by atoms with van der Waals surface area (Å²) in [7, 11) is 2.00. The highest BCUT2D eigenvalue weighted by Crippen LogP contribution is 2.27. The van der Waals surface area contributed by atoms with Crippen molar-refractivity contribution in [2.24, 2.45) is 0 Å². The first kappa shape index (κ1) is 13.5. The molecule has 2 rings (SSSR count). The van der Waals surface area contributed by atoms with Crippen LogP contribution in [0.4, 0.5) is 0 Å². The van der Waals surface area contributed by atoms with Crippen LogP contribution in [0.15, 0.2) is 28.9 Å². The molecule has 0 spiro atoms. The number of hydrogen-bond acceptors (Lipinski definition) is 5. The van der Waals surface area contributed by atoms with E-state index in [2.05, 4.69) is 46.7 Å². The molecule has 3 nitrogen and oxygen atoms in total. The van der Waals surface area contributed by atoms with Crippen molar-refractivity contribution in [3.8, 4) is 0 Å². The van der Waals surface area contributed by atoms with Crippen LogP contribution in [0.2, 0.25) is 0 Å². The van der Waals surface area contributed by atoms with Crippen LogP contribution in [-0.2, 0) is 0 Å². The minimum atomic E-state index is 0.347. The van der Waals surface area contributed by atoms with E-state index in [4.69, 9.17) is 0 Å². The van der Waals surface area contributed by atoms with Crippen molar-refractivity contribution in [1.82, 2.24) is 14.7 Å². The van der Waals surface area contributed by atoms with E-state index in [1.807, 2.05) is 7.05 Å². The first-order valence-corrected chi connectivity index (χ1v) is 7.60. The maximum Gasteiger partial charge on any atom is 0.169 e. The lowest BCUT2D eigenvalue weighted by atomic mass is 10.0. The second-order valence-electron chi connectivity index (χ2n) is 4.22. The average molecular weight is 279 g/mol. The van der Waals surface area contributed by atoms with Crippen molar-refractivity contribution in [3.63, 3.8) is 0 Å². The Kier molecular flexibility index (Phi) is 4.74. The summed E-state index contributed by atoms with van der Waals surface area (Å²) in [5.74, 6) is 0.968. The summed E-state index contributed by atoms with van der Waals surface area (Å²) in [6, 6.07) is 6.96. The molecule has 0 fully saturated rings. The minimum Gasteiger partial charge on any atom is -0.312 e. The monoisotopic (exact) mass is 279 g/mol. The summed E-state index contributed by atoms with van der Waals surface area (Å²) < 4.78 is 5.04. The molecule has 1 aromatic heterocycles. The van der Waals surface area contributed by atoms with Crippen LogP contribution in [0.5, 0.6) is 0 Å². The Bertz CT molecular complexity index is 497. The summed E-state index contributed by atoms with van der Waals surface area (Å²) in [6.07, 6.45) is 1.61. The molecule has 96 valence electrons. The van der Waals surface area contributed by atoms with Crippen molar-refractivity contribution in [3.05, 3.63) is 41.2 Å². The Morgan fingerprint density at radius 3 is 2.83 bits per heavy atom. The van der Waals surface area contributed by atoms with Gasteiger partial charge >= 0.3 is 0 Å². The predicted octanol–water partition coefficient (Wildman–Crippen LogP) is 3.21. The SMILES string of the molecule is CNC(CSc1ncns1)c1ccc(C)cc1C. The van der Waals surface area contributed by atoms with Crippen LogP contribution in [0.3, 0.4) is 0 Å². The van der Waals surface area contributed by atoms with E-state index in [9.17, 15) is 0 Å². The van der Waals surface area contributed by atoms with Gasteiger partial charge in [-0.05, 0) is 43.6 Å². The van der Waals surface area contributed by atoms with Crippen LogP contribution in [0.1, 0.15) is 22.7 Å². The largest absolute Gasteiger partial charge is 0.312 e. The van der Waals surface area contributed by atoms with Gasteiger partial charge in [0.2, 0.25) is 0 Å². The highest BCUT2D eigenvalue weighted by atomic mass is 32.2. The molecule has 0 amide bonds. The average Bonchev–Trinajstić information content (AvgIpc) is 2.85. The summed E-state index contributed by atoms with van der Waals surface area (Å²) in [6.45, 7) is 4.30. The summed E-state index contributed by atoms with van der Waals surface area (Å²) in [5.41, 5.74) is 4.01. The normalized spacial score (nSPS) is 12.6. The van der Waals surface area contributed by atoms with E-state index in [1.54, 1.807) is 18.1 Å². The summed E-state index contributed by atoms with van der Waals surface area (Å²) in [4.78, 5) is 4.20. The fraction of sp³-hybridized carbons (Fsp3) is 0.385. The fourth-order valence-electron chi connectivity index (χ4n) is 1.93. The smallest absolute Gasteiger partial charge is 0.169 e. The first-order valence-electron chi connectivity index (χ1n) is 5.84. The Balaban J connectivity index is 2.08. The molecule has 2 aromatic rings. The highest BCUT2D eigenvalue weighted by Gasteiger charge is 2.13. The van der Waals surface area contributed by atoms with Crippen LogP contribution in [-0.4, -0.2) is 22.2 Å². The van der Waals surface area contributed by atoms with Gasteiger partial charge in [0, 0.05) is 11.8 Å². The van der Waals surface area contributed by atoms with Crippen molar-refractivity contribution >= 4 is 23.3 Å². The molecule has 1 aromatic carbocycles. The Labute approximate surface area is 116 Å². The summed E-state index contributed by atoms with van der Waals surface area (Å²) in [5, 5.41) is 3.38. The minimum absolute atomic E-state index is 0.347. The van der Waals surface area contributed by atoms with E-state index in [1.165, 1.54) is 28.2 Å². The van der Waals surface area contributed by atoms with Crippen molar-refractivity contribution in [1.29, 1.82) is 0 Å². The molecule has 0 saturated heterocycles. The second-order valence-corrected chi connectivity index (χ2v) is 6.27. The molecular formula is C13H17N3S2. The number of rotatable bonds is 5. The highest BCUT2D eigenvalue weighted by molar-refractivity contribution is 8.00. The van der Waals surface area contributed by atoms with E-state index in [-0.39, 0.29) is 0 Å². The van der Waals surface area contributed by atoms with Gasteiger partial charge < -0.3 is 5.32 Å². The third-order valence-corrected chi connectivity index (χ3v) is 4.75. The van der Waals surface area contributed by atoms with Gasteiger partial charge in [-0.1, -0.05) is 35.5 Å². The third-order valence-electron chi connectivity index (χ3n) is 2.86. The molecule has 0 radical (unpaired) electrons. The van der Waals surface area contributed by atoms with Crippen molar-refractivity contribution in [2.75, 3.05) is 12.8 Å². The van der Waals surface area contributed by atoms with Crippen LogP contribution < -0.4 is 5.32 Å². The number of nitrogens with zero attached hydrogens (tertiary/aromatic N) is 2. The Morgan fingerprint density at radius 2 is 2.22 bits per heavy atom. The fourth-order valence-corrected chi connectivity index (χ4v) is 3.53. The Morgan fingerprint density at radius 1 is 1.39 bits per heavy atom. The molecule has 1 unspecified atom stereocenters. The van der Waals surface area contributed by atoms with Gasteiger partial charge in [-0.3, -0.25) is 0 Å². The van der Waals surface area contributed by atoms with Gasteiger partial charge in [-0.2, -0.15) is 4.37 Å². The summed E-state index contributed by atoms with van der Waals surface area (Å²) >= 11 is 3.20. The van der Waals surface area contributed by atoms with E-state index in [0.717, 1.165) is 10.1 Å². The zero-order chi connectivity index (χ0) is 13.0. The van der Waals surface area contributed by atoms with Gasteiger partial charge in [0.1, 0.15) is 6.33 Å². The van der Waals surface area contributed by atoms with Crippen molar-refractivity contribution in [2.45, 2.75) is 24.2 Å². The molecule has 5 heteroatoms. The molecule has 1 N–H and O–H groups in total. The van der Waals surface area contributed by atoms with E-state index in [0.29, 0.717) is 6.04 Å². The number of nitrogens with one attached hydrogen (secondary N) is 1. The number of aromatic nitrogens is 2. The Hall–Kier alpha value is -0.910. The van der Waals surface area contributed by atoms with Crippen LogP contribution in [0.25, 0.3) is 0 Å². The topological polar surface area (TPSA) is 37.8 Å². The third kappa shape index (κ3) is 3.31. The van der Waals surface area contributed by atoms with E-state index >= 15 is 0 Å². The number of aryl methyl sites for hydroxylation is 2. The maximum absolute atomic E-state index is 4.20. The number of thioether (sulfide) groups is 1. The zero-order valence-electron chi connectivity index (χ0n) is 10.8. The molecule has 0 aliphatic heterocycles. The molecular weight excluding hydrogens is 262 g/mol. The molecule has 0 aliphatic rings. The van der Waals surface area contributed by atoms with Gasteiger partial charge in [0.25, 0.3) is 0 Å². The maximum atomic E-state index is 4.20. The molecule has 18 heavy (non-hydrogen) atoms. The molecule has 0 aliphatic carbocycles. The van der Waals surface area contributed by atoms with Gasteiger partial charge in [-0.15, -0.1) is 0 Å². The lowest BCUT2D eigenvalue weighted by Crippen LogP contribution is -2.19. The zero-order valence-corrected chi connectivity index (χ0v) is 12.4. The standard InChI is InChI=1S/C13H17N3S2/c1-9-4-5-11(10(2)6-9)12(14-3)7-17-13-15-8-16-18-13/h4-6,8,12,14H,7H2,1-3H3.